The van der Waals surface area contributed by atoms with Crippen LogP contribution in [0.3, 0.4) is 0 Å². The van der Waals surface area contributed by atoms with Crippen molar-refractivity contribution >= 4 is 22.5 Å². The molecule has 1 saturated heterocycles. The molecule has 3 aromatic heterocycles. The Morgan fingerprint density at radius 3 is 2.94 bits per heavy atom. The molecule has 0 aliphatic carbocycles. The van der Waals surface area contributed by atoms with E-state index < -0.39 is 0 Å². The topological polar surface area (TPSA) is 69.5 Å². The van der Waals surface area contributed by atoms with Crippen LogP contribution in [0.1, 0.15) is 41.4 Å². The number of nitrogens with one attached hydrogen (secondary N) is 1. The fourth-order valence-electron chi connectivity index (χ4n) is 4.81. The maximum Gasteiger partial charge on any atom is 0.227 e. The van der Waals surface area contributed by atoms with Crippen molar-refractivity contribution in [1.29, 1.82) is 0 Å². The van der Waals surface area contributed by atoms with E-state index in [4.69, 9.17) is 5.10 Å². The molecule has 7 nitrogen and oxygen atoms in total. The van der Waals surface area contributed by atoms with E-state index >= 15 is 0 Å². The molecule has 5 rings (SSSR count). The van der Waals surface area contributed by atoms with Gasteiger partial charge in [0.25, 0.3) is 0 Å². The summed E-state index contributed by atoms with van der Waals surface area (Å²) in [6.07, 6.45) is 6.25. The summed E-state index contributed by atoms with van der Waals surface area (Å²) in [5.74, 6) is 0.164. The molecule has 1 aromatic carbocycles. The fraction of sp³-hybridized carbons (Fsp3) is 0.375. The van der Waals surface area contributed by atoms with Crippen LogP contribution in [0, 0.1) is 6.92 Å². The van der Waals surface area contributed by atoms with Gasteiger partial charge in [0, 0.05) is 48.0 Å². The standard InChI is InChI=1S/C24H28N6O/c1-16-11-22-26-14-18(15-28(2)3)24(30(22)27-16)21-9-6-10-29(21)23(31)12-17-13-25-20-8-5-4-7-19(17)20/h4-5,7-8,11,13-14,21,25H,6,9-10,12,15H2,1-3H3/t21-/m0/s1. The number of amides is 1. The number of aryl methyl sites for hydroxylation is 1. The first-order valence-electron chi connectivity index (χ1n) is 10.8. The normalized spacial score (nSPS) is 16.8. The molecule has 7 heteroatoms. The highest BCUT2D eigenvalue weighted by molar-refractivity contribution is 5.89. The summed E-state index contributed by atoms with van der Waals surface area (Å²) in [6.45, 7) is 3.52. The van der Waals surface area contributed by atoms with Crippen molar-refractivity contribution in [3.8, 4) is 0 Å². The first-order valence-corrected chi connectivity index (χ1v) is 10.8. The maximum absolute atomic E-state index is 13.5. The first kappa shape index (κ1) is 19.8. The fourth-order valence-corrected chi connectivity index (χ4v) is 4.81. The van der Waals surface area contributed by atoms with Crippen LogP contribution in [0.2, 0.25) is 0 Å². The average molecular weight is 417 g/mol. The van der Waals surface area contributed by atoms with Gasteiger partial charge in [-0.1, -0.05) is 18.2 Å². The molecule has 0 bridgehead atoms. The number of para-hydroxylation sites is 1. The van der Waals surface area contributed by atoms with E-state index in [0.717, 1.165) is 65.0 Å². The van der Waals surface area contributed by atoms with E-state index in [9.17, 15) is 4.79 Å². The van der Waals surface area contributed by atoms with Gasteiger partial charge < -0.3 is 14.8 Å². The molecule has 1 atom stereocenters. The molecule has 4 aromatic rings. The Hall–Kier alpha value is -3.19. The second kappa shape index (κ2) is 7.81. The van der Waals surface area contributed by atoms with Crippen molar-refractivity contribution in [2.24, 2.45) is 0 Å². The van der Waals surface area contributed by atoms with Gasteiger partial charge in [-0.05, 0) is 45.5 Å². The van der Waals surface area contributed by atoms with Gasteiger partial charge in [-0.2, -0.15) is 5.10 Å². The van der Waals surface area contributed by atoms with E-state index in [-0.39, 0.29) is 11.9 Å². The van der Waals surface area contributed by atoms with Gasteiger partial charge in [0.05, 0.1) is 23.9 Å². The van der Waals surface area contributed by atoms with Gasteiger partial charge in [-0.15, -0.1) is 0 Å². The molecule has 0 spiro atoms. The van der Waals surface area contributed by atoms with Crippen LogP contribution in [0.15, 0.2) is 42.7 Å². The lowest BCUT2D eigenvalue weighted by Crippen LogP contribution is -2.33. The molecule has 1 aliphatic rings. The highest BCUT2D eigenvalue weighted by atomic mass is 16.2. The number of benzene rings is 1. The number of hydrogen-bond donors (Lipinski definition) is 1. The third kappa shape index (κ3) is 3.59. The number of rotatable bonds is 5. The maximum atomic E-state index is 13.5. The highest BCUT2D eigenvalue weighted by Crippen LogP contribution is 2.35. The Bertz CT molecular complexity index is 1250. The van der Waals surface area contributed by atoms with Crippen molar-refractivity contribution in [3.05, 3.63) is 65.2 Å². The molecule has 1 amide bonds. The van der Waals surface area contributed by atoms with Crippen molar-refractivity contribution in [3.63, 3.8) is 0 Å². The Labute approximate surface area is 181 Å². The SMILES string of the molecule is Cc1cc2ncc(CN(C)C)c([C@@H]3CCCN3C(=O)Cc3c[nH]c4ccccc34)n2n1. The molecule has 4 heterocycles. The van der Waals surface area contributed by atoms with Crippen LogP contribution in [-0.2, 0) is 17.8 Å². The summed E-state index contributed by atoms with van der Waals surface area (Å²) in [5, 5.41) is 5.85. The summed E-state index contributed by atoms with van der Waals surface area (Å²) >= 11 is 0. The van der Waals surface area contributed by atoms with Gasteiger partial charge in [0.1, 0.15) is 0 Å². The largest absolute Gasteiger partial charge is 0.361 e. The molecule has 0 unspecified atom stereocenters. The van der Waals surface area contributed by atoms with Gasteiger partial charge in [-0.3, -0.25) is 4.79 Å². The minimum absolute atomic E-state index is 0.0115. The summed E-state index contributed by atoms with van der Waals surface area (Å²) in [4.78, 5) is 25.6. The Balaban J connectivity index is 1.51. The second-order valence-corrected chi connectivity index (χ2v) is 8.74. The van der Waals surface area contributed by atoms with Crippen molar-refractivity contribution in [2.45, 2.75) is 38.8 Å². The number of aromatic amines is 1. The predicted octanol–water partition coefficient (Wildman–Crippen LogP) is 3.49. The minimum atomic E-state index is 0.0115. The Morgan fingerprint density at radius 1 is 1.26 bits per heavy atom. The van der Waals surface area contributed by atoms with E-state index in [2.05, 4.69) is 35.0 Å². The number of nitrogens with zero attached hydrogens (tertiary/aromatic N) is 5. The molecule has 1 aliphatic heterocycles. The van der Waals surface area contributed by atoms with Crippen LogP contribution in [0.5, 0.6) is 0 Å². The van der Waals surface area contributed by atoms with Gasteiger partial charge in [-0.25, -0.2) is 9.50 Å². The number of fused-ring (bicyclic) bond motifs is 2. The monoisotopic (exact) mass is 416 g/mol. The molecular formula is C24H28N6O. The number of carbonyl (C=O) groups excluding carboxylic acids is 1. The van der Waals surface area contributed by atoms with Crippen molar-refractivity contribution in [2.75, 3.05) is 20.6 Å². The van der Waals surface area contributed by atoms with Gasteiger partial charge in [0.15, 0.2) is 5.65 Å². The van der Waals surface area contributed by atoms with E-state index in [0.29, 0.717) is 6.42 Å². The van der Waals surface area contributed by atoms with Crippen LogP contribution in [0.4, 0.5) is 0 Å². The summed E-state index contributed by atoms with van der Waals surface area (Å²) in [5.41, 5.74) is 6.11. The van der Waals surface area contributed by atoms with Gasteiger partial charge >= 0.3 is 0 Å². The number of H-pyrrole nitrogens is 1. The van der Waals surface area contributed by atoms with Crippen LogP contribution in [-0.4, -0.2) is 55.9 Å². The highest BCUT2D eigenvalue weighted by Gasteiger charge is 2.34. The first-order chi connectivity index (χ1) is 15.0. The lowest BCUT2D eigenvalue weighted by atomic mass is 10.0. The third-order valence-electron chi connectivity index (χ3n) is 6.11. The molecular weight excluding hydrogens is 388 g/mol. The molecule has 0 saturated carbocycles. The Kier molecular flexibility index (Phi) is 4.98. The minimum Gasteiger partial charge on any atom is -0.361 e. The molecule has 0 radical (unpaired) electrons. The van der Waals surface area contributed by atoms with E-state index in [1.165, 1.54) is 0 Å². The molecule has 31 heavy (non-hydrogen) atoms. The van der Waals surface area contributed by atoms with Crippen molar-refractivity contribution in [1.82, 2.24) is 29.4 Å². The number of hydrogen-bond acceptors (Lipinski definition) is 4. The zero-order chi connectivity index (χ0) is 21.5. The number of aromatic nitrogens is 4. The van der Waals surface area contributed by atoms with Crippen LogP contribution in [0.25, 0.3) is 16.6 Å². The third-order valence-corrected chi connectivity index (χ3v) is 6.11. The molecule has 160 valence electrons. The predicted molar refractivity (Wildman–Crippen MR) is 121 cm³/mol. The summed E-state index contributed by atoms with van der Waals surface area (Å²) in [6, 6.07) is 10.2. The smallest absolute Gasteiger partial charge is 0.227 e. The number of likely N-dealkylation sites (tertiary alicyclic amines) is 1. The number of carbonyl (C=O) groups is 1. The molecule has 1 fully saturated rings. The van der Waals surface area contributed by atoms with E-state index in [1.807, 2.05) is 53.0 Å². The lowest BCUT2D eigenvalue weighted by molar-refractivity contribution is -0.131. The van der Waals surface area contributed by atoms with Gasteiger partial charge in [0.2, 0.25) is 5.91 Å². The van der Waals surface area contributed by atoms with Crippen LogP contribution < -0.4 is 0 Å². The second-order valence-electron chi connectivity index (χ2n) is 8.74. The average Bonchev–Trinajstić information content (AvgIpc) is 3.45. The zero-order valence-corrected chi connectivity index (χ0v) is 18.3. The summed E-state index contributed by atoms with van der Waals surface area (Å²) in [7, 11) is 4.10. The molecule has 1 N–H and O–H groups in total. The Morgan fingerprint density at radius 2 is 2.10 bits per heavy atom. The quantitative estimate of drug-likeness (QED) is 0.541. The van der Waals surface area contributed by atoms with E-state index in [1.54, 1.807) is 0 Å². The zero-order valence-electron chi connectivity index (χ0n) is 18.3. The van der Waals surface area contributed by atoms with Crippen LogP contribution >= 0.6 is 0 Å². The summed E-state index contributed by atoms with van der Waals surface area (Å²) < 4.78 is 1.95. The lowest BCUT2D eigenvalue weighted by Gasteiger charge is -2.27. The van der Waals surface area contributed by atoms with Crippen molar-refractivity contribution < 1.29 is 4.79 Å².